The van der Waals surface area contributed by atoms with Gasteiger partial charge in [-0.1, -0.05) is 58.0 Å². The van der Waals surface area contributed by atoms with Crippen LogP contribution in [-0.4, -0.2) is 23.6 Å². The van der Waals surface area contributed by atoms with Crippen LogP contribution >= 0.6 is 81.4 Å². The fraction of sp³-hybridized carbons (Fsp3) is 0.500. The van der Waals surface area contributed by atoms with Crippen molar-refractivity contribution in [2.24, 2.45) is 0 Å². The minimum atomic E-state index is -1.82. The molecule has 0 aliphatic carbocycles. The Bertz CT molecular complexity index is 418. The monoisotopic (exact) mass is 374 g/mol. The van der Waals surface area contributed by atoms with Crippen molar-refractivity contribution < 1.29 is 0 Å². The number of rotatable bonds is 1. The number of aromatic amines is 1. The number of halogens is 7. The van der Waals surface area contributed by atoms with E-state index < -0.39 is 19.2 Å². The fourth-order valence-corrected chi connectivity index (χ4v) is 4.17. The van der Waals surface area contributed by atoms with E-state index in [-0.39, 0.29) is 0 Å². The minimum Gasteiger partial charge on any atom is -0.362 e. The van der Waals surface area contributed by atoms with Gasteiger partial charge in [-0.3, -0.25) is 0 Å². The molecular weight excluding hydrogens is 372 g/mol. The van der Waals surface area contributed by atoms with Crippen molar-refractivity contribution in [2.45, 2.75) is 19.2 Å². The average molecular weight is 377 g/mol. The van der Waals surface area contributed by atoms with E-state index in [1.165, 1.54) is 0 Å². The number of hydrogen-bond donors (Lipinski definition) is 1. The number of H-pyrrole nitrogens is 1. The van der Waals surface area contributed by atoms with Gasteiger partial charge in [-0.05, 0) is 23.9 Å². The predicted octanol–water partition coefficient (Wildman–Crippen LogP) is 4.79. The van der Waals surface area contributed by atoms with Crippen molar-refractivity contribution in [1.82, 2.24) is 9.40 Å². The van der Waals surface area contributed by atoms with E-state index in [1.807, 2.05) is 0 Å². The Balaban J connectivity index is 2.62. The molecule has 0 saturated carbocycles. The maximum atomic E-state index is 6.40. The lowest BCUT2D eigenvalue weighted by Gasteiger charge is -2.35. The van der Waals surface area contributed by atoms with Crippen LogP contribution in [0.15, 0.2) is 18.3 Å². The summed E-state index contributed by atoms with van der Waals surface area (Å²) in [5, 5.41) is 0. The van der Waals surface area contributed by atoms with Crippen LogP contribution in [0.2, 0.25) is 0 Å². The van der Waals surface area contributed by atoms with Crippen molar-refractivity contribution in [3.8, 4) is 0 Å². The molecule has 1 aromatic rings. The fourth-order valence-electron chi connectivity index (χ4n) is 1.62. The molecule has 2 unspecified atom stereocenters. The second-order valence-electron chi connectivity index (χ2n) is 3.55. The van der Waals surface area contributed by atoms with Crippen LogP contribution in [0.1, 0.15) is 5.69 Å². The van der Waals surface area contributed by atoms with Gasteiger partial charge >= 0.3 is 0 Å². The highest BCUT2D eigenvalue weighted by molar-refractivity contribution is 6.68. The number of hydrogen-bond acceptors (Lipinski definition) is 1. The molecule has 1 N–H and O–H groups in total. The number of nitrogens with one attached hydrogen (secondary N) is 1. The quantitative estimate of drug-likeness (QED) is 0.424. The van der Waals surface area contributed by atoms with Gasteiger partial charge in [-0.15, -0.1) is 11.6 Å². The predicted molar refractivity (Wildman–Crippen MR) is 74.5 cm³/mol. The maximum absolute atomic E-state index is 6.40. The zero-order valence-corrected chi connectivity index (χ0v) is 13.2. The van der Waals surface area contributed by atoms with E-state index in [0.29, 0.717) is 5.69 Å². The number of aromatic nitrogens is 1. The molecule has 1 aliphatic rings. The molecule has 0 bridgehead atoms. The van der Waals surface area contributed by atoms with Gasteiger partial charge in [-0.2, -0.15) is 4.42 Å². The molecule has 0 radical (unpaired) electrons. The summed E-state index contributed by atoms with van der Waals surface area (Å²) in [6.07, 6.45) is 1.64. The van der Waals surface area contributed by atoms with Crippen LogP contribution in [0.5, 0.6) is 0 Å². The molecule has 0 aromatic carbocycles. The Morgan fingerprint density at radius 2 is 1.76 bits per heavy atom. The molecule has 0 spiro atoms. The summed E-state index contributed by atoms with van der Waals surface area (Å²) >= 11 is 42.9. The van der Waals surface area contributed by atoms with Gasteiger partial charge in [-0.25, -0.2) is 0 Å². The summed E-state index contributed by atoms with van der Waals surface area (Å²) in [4.78, 5) is 1.29. The number of alkyl halides is 6. The molecule has 2 heterocycles. The van der Waals surface area contributed by atoms with Gasteiger partial charge in [0.2, 0.25) is 0 Å². The Labute approximate surface area is 133 Å². The normalized spacial score (nSPS) is 36.3. The van der Waals surface area contributed by atoms with E-state index in [2.05, 4.69) is 4.98 Å². The smallest absolute Gasteiger partial charge is 0.192 e. The van der Waals surface area contributed by atoms with Crippen molar-refractivity contribution >= 4 is 81.4 Å². The first-order valence-electron chi connectivity index (χ1n) is 4.35. The average Bonchev–Trinajstić information content (AvgIpc) is 2.80. The van der Waals surface area contributed by atoms with E-state index in [0.717, 1.165) is 4.42 Å². The second kappa shape index (κ2) is 4.39. The Morgan fingerprint density at radius 3 is 2.12 bits per heavy atom. The van der Waals surface area contributed by atoms with Gasteiger partial charge in [0, 0.05) is 6.20 Å². The third-order valence-electron chi connectivity index (χ3n) is 2.58. The largest absolute Gasteiger partial charge is 0.362 e. The first-order chi connectivity index (χ1) is 7.67. The molecule has 0 amide bonds. The molecule has 17 heavy (non-hydrogen) atoms. The molecule has 96 valence electrons. The minimum absolute atomic E-state index is 0.438. The summed E-state index contributed by atoms with van der Waals surface area (Å²) in [5.41, 5.74) is -0.628. The van der Waals surface area contributed by atoms with Crippen molar-refractivity contribution in [2.75, 3.05) is 0 Å². The van der Waals surface area contributed by atoms with Gasteiger partial charge < -0.3 is 4.98 Å². The summed E-state index contributed by atoms with van der Waals surface area (Å²) in [6, 6.07) is 3.36. The highest BCUT2D eigenvalue weighted by Crippen LogP contribution is 2.67. The molecule has 9 heteroatoms. The third-order valence-corrected chi connectivity index (χ3v) is 7.34. The zero-order valence-electron chi connectivity index (χ0n) is 7.90. The molecule has 1 aliphatic heterocycles. The second-order valence-corrected chi connectivity index (χ2v) is 7.59. The third kappa shape index (κ3) is 1.73. The van der Waals surface area contributed by atoms with Crippen LogP contribution in [-0.2, 0) is 5.00 Å². The molecule has 1 aromatic heterocycles. The zero-order chi connectivity index (χ0) is 13.1. The van der Waals surface area contributed by atoms with Crippen LogP contribution in [0, 0.1) is 0 Å². The molecular formula is C8H5Cl7N2. The SMILES string of the molecule is ClC1N(Cl)C(Cl)(c2ccc[nH]2)C(Cl)(Cl)C1(Cl)Cl. The van der Waals surface area contributed by atoms with Crippen LogP contribution in [0.4, 0.5) is 0 Å². The summed E-state index contributed by atoms with van der Waals surface area (Å²) in [5.74, 6) is 0. The Kier molecular flexibility index (Phi) is 3.79. The van der Waals surface area contributed by atoms with Crippen molar-refractivity contribution in [3.63, 3.8) is 0 Å². The molecule has 2 rings (SSSR count). The summed E-state index contributed by atoms with van der Waals surface area (Å²) in [6.45, 7) is 0. The summed E-state index contributed by atoms with van der Waals surface area (Å²) in [7, 11) is 0. The van der Waals surface area contributed by atoms with E-state index >= 15 is 0 Å². The molecule has 1 saturated heterocycles. The van der Waals surface area contributed by atoms with E-state index in [1.54, 1.807) is 18.3 Å². The lowest BCUT2D eigenvalue weighted by Crippen LogP contribution is -2.46. The van der Waals surface area contributed by atoms with Gasteiger partial charge in [0.05, 0.1) is 5.69 Å². The molecule has 1 fully saturated rings. The summed E-state index contributed by atoms with van der Waals surface area (Å²) < 4.78 is -2.56. The van der Waals surface area contributed by atoms with Gasteiger partial charge in [0.25, 0.3) is 0 Å². The highest BCUT2D eigenvalue weighted by Gasteiger charge is 2.75. The lowest BCUT2D eigenvalue weighted by molar-refractivity contribution is 0.344. The topological polar surface area (TPSA) is 19.0 Å². The Hall–Kier alpha value is 1.27. The lowest BCUT2D eigenvalue weighted by atomic mass is 10.1. The maximum Gasteiger partial charge on any atom is 0.192 e. The van der Waals surface area contributed by atoms with Gasteiger partial charge in [0.15, 0.2) is 13.7 Å². The van der Waals surface area contributed by atoms with Crippen LogP contribution < -0.4 is 0 Å². The molecule has 2 atom stereocenters. The Morgan fingerprint density at radius 1 is 1.18 bits per heavy atom. The molecule has 2 nitrogen and oxygen atoms in total. The van der Waals surface area contributed by atoms with E-state index in [9.17, 15) is 0 Å². The van der Waals surface area contributed by atoms with Gasteiger partial charge in [0.1, 0.15) is 5.50 Å². The highest BCUT2D eigenvalue weighted by atomic mass is 35.5. The standard InChI is InChI=1S/C8H5Cl7N2/c9-5-6(10,11)8(13,14)7(12,17(5)15)4-2-1-3-16-4/h1-3,5,16H. The van der Waals surface area contributed by atoms with Crippen LogP contribution in [0.3, 0.4) is 0 Å². The first kappa shape index (κ1) is 14.7. The van der Waals surface area contributed by atoms with Crippen molar-refractivity contribution in [1.29, 1.82) is 0 Å². The van der Waals surface area contributed by atoms with Crippen LogP contribution in [0.25, 0.3) is 0 Å². The first-order valence-corrected chi connectivity index (χ1v) is 7.01. The number of nitrogens with zero attached hydrogens (tertiary/aromatic N) is 1. The van der Waals surface area contributed by atoms with Crippen molar-refractivity contribution in [3.05, 3.63) is 24.0 Å². The van der Waals surface area contributed by atoms with E-state index in [4.69, 9.17) is 81.4 Å².